The van der Waals surface area contributed by atoms with Crippen molar-refractivity contribution in [3.05, 3.63) is 53.6 Å². The molecule has 4 rings (SSSR count). The van der Waals surface area contributed by atoms with Crippen LogP contribution in [-0.4, -0.2) is 41.3 Å². The Morgan fingerprint density at radius 2 is 1.93 bits per heavy atom. The molecule has 1 aliphatic heterocycles. The number of para-hydroxylation sites is 1. The van der Waals surface area contributed by atoms with Gasteiger partial charge in [0.2, 0.25) is 5.91 Å². The molecule has 0 atom stereocenters. The third-order valence-electron chi connectivity index (χ3n) is 5.37. The molecule has 0 bridgehead atoms. The highest BCUT2D eigenvalue weighted by atomic mass is 16.6. The zero-order chi connectivity index (χ0) is 19.3. The number of aromatic nitrogens is 2. The lowest BCUT2D eigenvalue weighted by Gasteiger charge is -2.31. The highest BCUT2D eigenvalue weighted by Crippen LogP contribution is 2.23. The number of benzene rings is 2. The predicted octanol–water partition coefficient (Wildman–Crippen LogP) is 2.76. The molecule has 28 heavy (non-hydrogen) atoms. The number of carbonyl (C=O) groups excluding carboxylic acids is 1. The van der Waals surface area contributed by atoms with Gasteiger partial charge in [0.25, 0.3) is 0 Å². The summed E-state index contributed by atoms with van der Waals surface area (Å²) in [6.45, 7) is 3.05. The molecule has 2 aromatic carbocycles. The Morgan fingerprint density at radius 3 is 2.75 bits per heavy atom. The summed E-state index contributed by atoms with van der Waals surface area (Å²) >= 11 is 0. The Bertz CT molecular complexity index is 947. The number of fused-ring (bicyclic) bond motifs is 1. The highest BCUT2D eigenvalue weighted by molar-refractivity contribution is 5.79. The molecular formula is C21H24N4O3. The standard InChI is InChI=1S/C21H24N4O3/c1-27-19-8-3-2-5-16(19)13-22-21(26)15-9-11-25(12-10-15)14-17-6-4-7-18-20(17)24-28-23-18/h2-8,15H,9-14H2,1H3,(H,22,26). The van der Waals surface area contributed by atoms with Gasteiger partial charge in [0.15, 0.2) is 0 Å². The zero-order valence-corrected chi connectivity index (χ0v) is 15.9. The third-order valence-corrected chi connectivity index (χ3v) is 5.37. The van der Waals surface area contributed by atoms with Crippen molar-refractivity contribution in [3.8, 4) is 5.75 Å². The van der Waals surface area contributed by atoms with E-state index in [0.717, 1.165) is 60.4 Å². The summed E-state index contributed by atoms with van der Waals surface area (Å²) < 4.78 is 10.2. The average Bonchev–Trinajstić information content (AvgIpc) is 3.23. The van der Waals surface area contributed by atoms with Crippen LogP contribution in [-0.2, 0) is 17.9 Å². The number of amides is 1. The van der Waals surface area contributed by atoms with Crippen LogP contribution in [0.5, 0.6) is 5.75 Å². The number of likely N-dealkylation sites (tertiary alicyclic amines) is 1. The smallest absolute Gasteiger partial charge is 0.223 e. The molecule has 7 nitrogen and oxygen atoms in total. The fraction of sp³-hybridized carbons (Fsp3) is 0.381. The van der Waals surface area contributed by atoms with E-state index < -0.39 is 0 Å². The summed E-state index contributed by atoms with van der Waals surface area (Å²) in [6, 6.07) is 13.7. The molecule has 0 unspecified atom stereocenters. The van der Waals surface area contributed by atoms with E-state index >= 15 is 0 Å². The maximum absolute atomic E-state index is 12.6. The Hall–Kier alpha value is -2.93. The molecule has 0 radical (unpaired) electrons. The summed E-state index contributed by atoms with van der Waals surface area (Å²) in [5.74, 6) is 0.970. The number of hydrogen-bond acceptors (Lipinski definition) is 6. The lowest BCUT2D eigenvalue weighted by atomic mass is 9.95. The van der Waals surface area contributed by atoms with E-state index in [2.05, 4.69) is 26.6 Å². The van der Waals surface area contributed by atoms with Gasteiger partial charge in [-0.25, -0.2) is 4.63 Å². The van der Waals surface area contributed by atoms with Gasteiger partial charge in [-0.3, -0.25) is 9.69 Å². The zero-order valence-electron chi connectivity index (χ0n) is 15.9. The third kappa shape index (κ3) is 3.99. The van der Waals surface area contributed by atoms with Crippen molar-refractivity contribution >= 4 is 16.9 Å². The summed E-state index contributed by atoms with van der Waals surface area (Å²) in [6.07, 6.45) is 1.70. The first kappa shape index (κ1) is 18.4. The fourth-order valence-electron chi connectivity index (χ4n) is 3.76. The van der Waals surface area contributed by atoms with Crippen molar-refractivity contribution in [2.75, 3.05) is 20.2 Å². The number of piperidine rings is 1. The minimum absolute atomic E-state index is 0.0514. The van der Waals surface area contributed by atoms with Crippen LogP contribution in [0.3, 0.4) is 0 Å². The van der Waals surface area contributed by atoms with Crippen molar-refractivity contribution in [2.45, 2.75) is 25.9 Å². The Morgan fingerprint density at radius 1 is 1.14 bits per heavy atom. The molecule has 0 aliphatic carbocycles. The minimum atomic E-state index is 0.0514. The van der Waals surface area contributed by atoms with Gasteiger partial charge in [-0.1, -0.05) is 30.3 Å². The Kier molecular flexibility index (Phi) is 5.53. The second-order valence-corrected chi connectivity index (χ2v) is 7.13. The van der Waals surface area contributed by atoms with Gasteiger partial charge in [0, 0.05) is 24.6 Å². The van der Waals surface area contributed by atoms with Crippen molar-refractivity contribution < 1.29 is 14.2 Å². The van der Waals surface area contributed by atoms with E-state index in [1.54, 1.807) is 7.11 Å². The monoisotopic (exact) mass is 380 g/mol. The van der Waals surface area contributed by atoms with Crippen LogP contribution in [0.1, 0.15) is 24.0 Å². The van der Waals surface area contributed by atoms with Crippen LogP contribution in [0.25, 0.3) is 11.0 Å². The molecule has 1 N–H and O–H groups in total. The molecule has 7 heteroatoms. The molecule has 0 saturated carbocycles. The van der Waals surface area contributed by atoms with E-state index in [1.807, 2.05) is 36.4 Å². The van der Waals surface area contributed by atoms with Crippen molar-refractivity contribution in [2.24, 2.45) is 5.92 Å². The maximum Gasteiger partial charge on any atom is 0.223 e. The van der Waals surface area contributed by atoms with Gasteiger partial charge in [-0.2, -0.15) is 0 Å². The topological polar surface area (TPSA) is 80.5 Å². The first-order valence-corrected chi connectivity index (χ1v) is 9.56. The Labute approximate surface area is 163 Å². The molecule has 1 aromatic heterocycles. The lowest BCUT2D eigenvalue weighted by Crippen LogP contribution is -2.40. The number of carbonyl (C=O) groups is 1. The number of methoxy groups -OCH3 is 1. The average molecular weight is 380 g/mol. The van der Waals surface area contributed by atoms with Crippen LogP contribution in [0.4, 0.5) is 0 Å². The van der Waals surface area contributed by atoms with Crippen LogP contribution in [0.2, 0.25) is 0 Å². The van der Waals surface area contributed by atoms with Crippen LogP contribution in [0.15, 0.2) is 47.1 Å². The SMILES string of the molecule is COc1ccccc1CNC(=O)C1CCN(Cc2cccc3nonc23)CC1. The summed E-state index contributed by atoms with van der Waals surface area (Å²) in [5, 5.41) is 11.0. The Balaban J connectivity index is 1.29. The molecule has 0 spiro atoms. The van der Waals surface area contributed by atoms with E-state index in [9.17, 15) is 4.79 Å². The first-order chi connectivity index (χ1) is 13.7. The van der Waals surface area contributed by atoms with E-state index in [4.69, 9.17) is 9.37 Å². The number of rotatable bonds is 6. The minimum Gasteiger partial charge on any atom is -0.496 e. The van der Waals surface area contributed by atoms with Gasteiger partial charge >= 0.3 is 0 Å². The van der Waals surface area contributed by atoms with Gasteiger partial charge in [-0.15, -0.1) is 0 Å². The molecule has 1 amide bonds. The summed E-state index contributed by atoms with van der Waals surface area (Å²) in [4.78, 5) is 14.9. The number of nitrogens with zero attached hydrogens (tertiary/aromatic N) is 3. The molecule has 2 heterocycles. The van der Waals surface area contributed by atoms with Crippen LogP contribution >= 0.6 is 0 Å². The highest BCUT2D eigenvalue weighted by Gasteiger charge is 2.25. The number of ether oxygens (including phenoxy) is 1. The second-order valence-electron chi connectivity index (χ2n) is 7.13. The number of nitrogens with one attached hydrogen (secondary N) is 1. The molecule has 1 aliphatic rings. The largest absolute Gasteiger partial charge is 0.496 e. The summed E-state index contributed by atoms with van der Waals surface area (Å²) in [7, 11) is 1.64. The molecule has 146 valence electrons. The van der Waals surface area contributed by atoms with E-state index in [-0.39, 0.29) is 11.8 Å². The van der Waals surface area contributed by atoms with Gasteiger partial charge in [-0.05, 0) is 53.9 Å². The van der Waals surface area contributed by atoms with Crippen LogP contribution in [0, 0.1) is 5.92 Å². The van der Waals surface area contributed by atoms with Gasteiger partial charge in [0.1, 0.15) is 16.8 Å². The van der Waals surface area contributed by atoms with Crippen molar-refractivity contribution in [1.82, 2.24) is 20.5 Å². The molecule has 1 saturated heterocycles. The molecule has 1 fully saturated rings. The lowest BCUT2D eigenvalue weighted by molar-refractivity contribution is -0.126. The quantitative estimate of drug-likeness (QED) is 0.708. The van der Waals surface area contributed by atoms with Gasteiger partial charge in [0.05, 0.1) is 7.11 Å². The van der Waals surface area contributed by atoms with Crippen LogP contribution < -0.4 is 10.1 Å². The van der Waals surface area contributed by atoms with Gasteiger partial charge < -0.3 is 10.1 Å². The number of hydrogen-bond donors (Lipinski definition) is 1. The van der Waals surface area contributed by atoms with Crippen molar-refractivity contribution in [1.29, 1.82) is 0 Å². The normalized spacial score (nSPS) is 15.6. The predicted molar refractivity (Wildman–Crippen MR) is 105 cm³/mol. The summed E-state index contributed by atoms with van der Waals surface area (Å²) in [5.41, 5.74) is 3.70. The first-order valence-electron chi connectivity index (χ1n) is 9.56. The van der Waals surface area contributed by atoms with Crippen molar-refractivity contribution in [3.63, 3.8) is 0 Å². The van der Waals surface area contributed by atoms with E-state index in [0.29, 0.717) is 6.54 Å². The maximum atomic E-state index is 12.6. The second kappa shape index (κ2) is 8.39. The fourth-order valence-corrected chi connectivity index (χ4v) is 3.76. The molecule has 3 aromatic rings. The van der Waals surface area contributed by atoms with E-state index in [1.165, 1.54) is 0 Å². The molecular weight excluding hydrogens is 356 g/mol.